The van der Waals surface area contributed by atoms with E-state index in [0.717, 1.165) is 32.7 Å². The lowest BCUT2D eigenvalue weighted by atomic mass is 10.1. The Kier molecular flexibility index (Phi) is 5.36. The summed E-state index contributed by atoms with van der Waals surface area (Å²) in [5, 5.41) is 7.09. The van der Waals surface area contributed by atoms with Gasteiger partial charge in [0, 0.05) is 39.1 Å². The summed E-state index contributed by atoms with van der Waals surface area (Å²) in [5.74, 6) is 0.000864. The molecule has 4 nitrogen and oxygen atoms in total. The third kappa shape index (κ3) is 4.28. The van der Waals surface area contributed by atoms with Crippen LogP contribution in [-0.4, -0.2) is 22.4 Å². The average Bonchev–Trinajstić information content (AvgIpc) is 3.29. The third-order valence-corrected chi connectivity index (χ3v) is 5.79. The summed E-state index contributed by atoms with van der Waals surface area (Å²) in [6, 6.07) is 16.2. The van der Waals surface area contributed by atoms with E-state index in [0.29, 0.717) is 13.0 Å². The lowest BCUT2D eigenvalue weighted by Crippen LogP contribution is -2.27. The fraction of sp³-hybridized carbons (Fsp3) is 0.143. The molecule has 0 fully saturated rings. The quantitative estimate of drug-likeness (QED) is 0.446. The molecule has 2 heterocycles. The van der Waals surface area contributed by atoms with Gasteiger partial charge in [0.15, 0.2) is 0 Å². The predicted molar refractivity (Wildman–Crippen MR) is 114 cm³/mol. The van der Waals surface area contributed by atoms with Crippen LogP contribution in [0.4, 0.5) is 0 Å². The lowest BCUT2D eigenvalue weighted by molar-refractivity contribution is -0.120. The van der Waals surface area contributed by atoms with Crippen molar-refractivity contribution in [1.82, 2.24) is 15.3 Å². The Labute approximate surface area is 169 Å². The molecule has 0 saturated heterocycles. The zero-order chi connectivity index (χ0) is 18.6. The lowest BCUT2D eigenvalue weighted by Gasteiger charge is -2.03. The largest absolute Gasteiger partial charge is 0.361 e. The number of carbonyl (C=O) groups is 1. The smallest absolute Gasteiger partial charge is 0.226 e. The van der Waals surface area contributed by atoms with Crippen LogP contribution in [-0.2, 0) is 17.6 Å². The predicted octanol–water partition coefficient (Wildman–Crippen LogP) is 4.96. The first-order valence-electron chi connectivity index (χ1n) is 8.71. The summed E-state index contributed by atoms with van der Waals surface area (Å²) in [5.41, 5.74) is 4.21. The van der Waals surface area contributed by atoms with Crippen molar-refractivity contribution in [1.29, 1.82) is 0 Å². The number of carbonyl (C=O) groups excluding carboxylic acids is 1. The van der Waals surface area contributed by atoms with Gasteiger partial charge in [0.05, 0.1) is 12.1 Å². The van der Waals surface area contributed by atoms with Gasteiger partial charge in [0.1, 0.15) is 5.01 Å². The molecule has 27 heavy (non-hydrogen) atoms. The van der Waals surface area contributed by atoms with Gasteiger partial charge in [-0.05, 0) is 30.2 Å². The van der Waals surface area contributed by atoms with E-state index in [-0.39, 0.29) is 5.91 Å². The highest BCUT2D eigenvalue weighted by Crippen LogP contribution is 2.26. The van der Waals surface area contributed by atoms with Gasteiger partial charge in [-0.15, -0.1) is 11.3 Å². The van der Waals surface area contributed by atoms with Crippen molar-refractivity contribution >= 4 is 44.1 Å². The Hall–Kier alpha value is -2.44. The molecular weight excluding hydrogens is 422 g/mol. The molecule has 0 bridgehead atoms. The zero-order valence-corrected chi connectivity index (χ0v) is 16.9. The highest BCUT2D eigenvalue weighted by molar-refractivity contribution is 9.10. The van der Waals surface area contributed by atoms with Crippen molar-refractivity contribution < 1.29 is 4.79 Å². The van der Waals surface area contributed by atoms with E-state index in [2.05, 4.69) is 43.3 Å². The zero-order valence-electron chi connectivity index (χ0n) is 14.5. The van der Waals surface area contributed by atoms with Crippen LogP contribution in [0.2, 0.25) is 0 Å². The standard InChI is InChI=1S/C21H18BrN3OS/c22-16-5-3-4-14(10-16)21-25-17(13-27-21)11-20(26)23-9-8-15-12-24-19-7-2-1-6-18(15)19/h1-7,10,12-13,24H,8-9,11H2,(H,23,26). The Morgan fingerprint density at radius 2 is 2.07 bits per heavy atom. The van der Waals surface area contributed by atoms with E-state index < -0.39 is 0 Å². The second-order valence-corrected chi connectivity index (χ2v) is 8.06. The summed E-state index contributed by atoms with van der Waals surface area (Å²) in [6.07, 6.45) is 3.12. The fourth-order valence-electron chi connectivity index (χ4n) is 3.04. The normalized spacial score (nSPS) is 11.0. The van der Waals surface area contributed by atoms with Gasteiger partial charge in [0.25, 0.3) is 0 Å². The molecule has 2 aromatic carbocycles. The van der Waals surface area contributed by atoms with E-state index >= 15 is 0 Å². The third-order valence-electron chi connectivity index (χ3n) is 4.36. The van der Waals surface area contributed by atoms with E-state index in [1.54, 1.807) is 11.3 Å². The van der Waals surface area contributed by atoms with Crippen molar-refractivity contribution in [3.8, 4) is 10.6 Å². The first-order valence-corrected chi connectivity index (χ1v) is 10.4. The van der Waals surface area contributed by atoms with Crippen LogP contribution in [0.5, 0.6) is 0 Å². The van der Waals surface area contributed by atoms with Crippen molar-refractivity contribution in [2.24, 2.45) is 0 Å². The molecule has 4 rings (SSSR count). The molecule has 0 aliphatic heterocycles. The van der Waals surface area contributed by atoms with Crippen LogP contribution in [0, 0.1) is 0 Å². The summed E-state index contributed by atoms with van der Waals surface area (Å²) in [7, 11) is 0. The van der Waals surface area contributed by atoms with Crippen LogP contribution >= 0.6 is 27.3 Å². The molecule has 4 aromatic rings. The molecule has 0 spiro atoms. The molecule has 6 heteroatoms. The maximum atomic E-state index is 12.2. The molecule has 0 saturated carbocycles. The molecule has 0 radical (unpaired) electrons. The van der Waals surface area contributed by atoms with Crippen LogP contribution in [0.1, 0.15) is 11.3 Å². The van der Waals surface area contributed by atoms with E-state index in [1.165, 1.54) is 10.9 Å². The number of thiazole rings is 1. The molecule has 0 aliphatic rings. The fourth-order valence-corrected chi connectivity index (χ4v) is 4.26. The van der Waals surface area contributed by atoms with Crippen LogP contribution in [0.3, 0.4) is 0 Å². The minimum absolute atomic E-state index is 0.000864. The number of hydrogen-bond donors (Lipinski definition) is 2. The van der Waals surface area contributed by atoms with Crippen molar-refractivity contribution in [2.75, 3.05) is 6.54 Å². The van der Waals surface area contributed by atoms with Gasteiger partial charge in [-0.2, -0.15) is 0 Å². The molecular formula is C21H18BrN3OS. The number of para-hydroxylation sites is 1. The number of halogens is 1. The number of amides is 1. The number of nitrogens with one attached hydrogen (secondary N) is 2. The number of H-pyrrole nitrogens is 1. The van der Waals surface area contributed by atoms with Gasteiger partial charge < -0.3 is 10.3 Å². The number of nitrogens with zero attached hydrogens (tertiary/aromatic N) is 1. The number of aromatic nitrogens is 2. The molecule has 0 atom stereocenters. The van der Waals surface area contributed by atoms with E-state index in [4.69, 9.17) is 0 Å². The van der Waals surface area contributed by atoms with E-state index in [9.17, 15) is 4.79 Å². The average molecular weight is 440 g/mol. The number of aromatic amines is 1. The minimum atomic E-state index is 0.000864. The number of fused-ring (bicyclic) bond motifs is 1. The summed E-state index contributed by atoms with van der Waals surface area (Å²) in [6.45, 7) is 0.614. The minimum Gasteiger partial charge on any atom is -0.361 e. The highest BCUT2D eigenvalue weighted by Gasteiger charge is 2.10. The van der Waals surface area contributed by atoms with Gasteiger partial charge in [-0.25, -0.2) is 4.98 Å². The highest BCUT2D eigenvalue weighted by atomic mass is 79.9. The molecule has 0 aliphatic carbocycles. The van der Waals surface area contributed by atoms with Crippen molar-refractivity contribution in [3.63, 3.8) is 0 Å². The Morgan fingerprint density at radius 1 is 1.19 bits per heavy atom. The maximum absolute atomic E-state index is 12.2. The second kappa shape index (κ2) is 8.06. The van der Waals surface area contributed by atoms with Gasteiger partial charge >= 0.3 is 0 Å². The summed E-state index contributed by atoms with van der Waals surface area (Å²) in [4.78, 5) is 20.1. The SMILES string of the molecule is O=C(Cc1csc(-c2cccc(Br)c2)n1)NCCc1c[nH]c2ccccc12. The molecule has 2 aromatic heterocycles. The van der Waals surface area contributed by atoms with Crippen molar-refractivity contribution in [3.05, 3.63) is 75.8 Å². The molecule has 2 N–H and O–H groups in total. The first kappa shape index (κ1) is 17.9. The Balaban J connectivity index is 1.32. The second-order valence-electron chi connectivity index (χ2n) is 6.29. The topological polar surface area (TPSA) is 57.8 Å². The van der Waals surface area contributed by atoms with Gasteiger partial charge in [-0.1, -0.05) is 46.3 Å². The summed E-state index contributed by atoms with van der Waals surface area (Å²) < 4.78 is 1.02. The van der Waals surface area contributed by atoms with Gasteiger partial charge in [-0.3, -0.25) is 4.79 Å². The number of hydrogen-bond acceptors (Lipinski definition) is 3. The number of benzene rings is 2. The Bertz CT molecular complexity index is 1090. The van der Waals surface area contributed by atoms with Crippen molar-refractivity contribution in [2.45, 2.75) is 12.8 Å². The van der Waals surface area contributed by atoms with Crippen LogP contribution in [0.15, 0.2) is 64.6 Å². The maximum Gasteiger partial charge on any atom is 0.226 e. The van der Waals surface area contributed by atoms with Gasteiger partial charge in [0.2, 0.25) is 5.91 Å². The first-order chi connectivity index (χ1) is 13.2. The van der Waals surface area contributed by atoms with E-state index in [1.807, 2.05) is 48.0 Å². The monoisotopic (exact) mass is 439 g/mol. The molecule has 0 unspecified atom stereocenters. The number of rotatable bonds is 6. The van der Waals surface area contributed by atoms with Crippen LogP contribution in [0.25, 0.3) is 21.5 Å². The molecule has 1 amide bonds. The Morgan fingerprint density at radius 3 is 2.96 bits per heavy atom. The van der Waals surface area contributed by atoms with Crippen LogP contribution < -0.4 is 5.32 Å². The molecule has 136 valence electrons. The summed E-state index contributed by atoms with van der Waals surface area (Å²) >= 11 is 5.04.